The number of anilines is 1. The maximum atomic E-state index is 12.6. The molecule has 0 saturated heterocycles. The van der Waals surface area contributed by atoms with Crippen molar-refractivity contribution in [2.24, 2.45) is 0 Å². The van der Waals surface area contributed by atoms with Gasteiger partial charge < -0.3 is 5.32 Å². The number of carbonyl (C=O) groups is 1. The highest BCUT2D eigenvalue weighted by atomic mass is 32.2. The van der Waals surface area contributed by atoms with E-state index in [-0.39, 0.29) is 15.7 Å². The van der Waals surface area contributed by atoms with Gasteiger partial charge in [-0.1, -0.05) is 23.8 Å². The Morgan fingerprint density at radius 2 is 1.50 bits per heavy atom. The minimum absolute atomic E-state index is 0.195. The molecule has 0 spiro atoms. The summed E-state index contributed by atoms with van der Waals surface area (Å²) < 4.78 is 25.2. The number of hydrogen-bond donors (Lipinski definition) is 1. The Morgan fingerprint density at radius 3 is 2.04 bits per heavy atom. The van der Waals surface area contributed by atoms with Crippen molar-refractivity contribution in [2.75, 3.05) is 5.32 Å². The summed E-state index contributed by atoms with van der Waals surface area (Å²) >= 11 is 1.35. The van der Waals surface area contributed by atoms with Gasteiger partial charge in [0.1, 0.15) is 0 Å². The van der Waals surface area contributed by atoms with Crippen LogP contribution in [0.3, 0.4) is 0 Å². The summed E-state index contributed by atoms with van der Waals surface area (Å²) in [6.07, 6.45) is 0. The molecule has 3 rings (SSSR count). The molecule has 0 saturated carbocycles. The minimum atomic E-state index is -3.55. The topological polar surface area (TPSA) is 63.2 Å². The fraction of sp³-hybridized carbons (Fsp3) is 0.0556. The summed E-state index contributed by atoms with van der Waals surface area (Å²) in [6.45, 7) is 1.90. The lowest BCUT2D eigenvalue weighted by atomic mass is 10.2. The molecule has 1 N–H and O–H groups in total. The van der Waals surface area contributed by atoms with Gasteiger partial charge in [-0.15, -0.1) is 11.3 Å². The molecule has 1 aromatic heterocycles. The van der Waals surface area contributed by atoms with Gasteiger partial charge in [-0.2, -0.15) is 0 Å². The van der Waals surface area contributed by atoms with Gasteiger partial charge in [-0.25, -0.2) is 8.42 Å². The van der Waals surface area contributed by atoms with Gasteiger partial charge in [0.25, 0.3) is 5.91 Å². The third-order valence-corrected chi connectivity index (χ3v) is 6.15. The van der Waals surface area contributed by atoms with Crippen molar-refractivity contribution in [3.05, 3.63) is 76.5 Å². The lowest BCUT2D eigenvalue weighted by molar-refractivity contribution is 0.103. The first kappa shape index (κ1) is 16.4. The van der Waals surface area contributed by atoms with Gasteiger partial charge in [-0.05, 0) is 54.8 Å². The molecule has 0 fully saturated rings. The summed E-state index contributed by atoms with van der Waals surface area (Å²) in [5.74, 6) is -0.209. The zero-order valence-electron chi connectivity index (χ0n) is 12.9. The number of amides is 1. The van der Waals surface area contributed by atoms with Crippen LogP contribution >= 0.6 is 11.3 Å². The monoisotopic (exact) mass is 357 g/mol. The second-order valence-electron chi connectivity index (χ2n) is 5.27. The number of nitrogens with one attached hydrogen (secondary N) is 1. The zero-order chi connectivity index (χ0) is 17.2. The fourth-order valence-corrected chi connectivity index (χ4v) is 4.05. The van der Waals surface area contributed by atoms with Gasteiger partial charge in [0.05, 0.1) is 14.7 Å². The van der Waals surface area contributed by atoms with E-state index in [1.807, 2.05) is 12.3 Å². The Kier molecular flexibility index (Phi) is 4.51. The van der Waals surface area contributed by atoms with Crippen molar-refractivity contribution in [3.63, 3.8) is 0 Å². The quantitative estimate of drug-likeness (QED) is 0.763. The van der Waals surface area contributed by atoms with Crippen molar-refractivity contribution in [1.82, 2.24) is 0 Å². The number of benzene rings is 2. The van der Waals surface area contributed by atoms with Crippen molar-refractivity contribution in [3.8, 4) is 0 Å². The summed E-state index contributed by atoms with van der Waals surface area (Å²) in [7, 11) is -3.55. The van der Waals surface area contributed by atoms with Gasteiger partial charge in [0.15, 0.2) is 0 Å². The predicted octanol–water partition coefficient (Wildman–Crippen LogP) is 4.14. The van der Waals surface area contributed by atoms with E-state index in [9.17, 15) is 13.2 Å². The molecule has 1 amide bonds. The highest BCUT2D eigenvalue weighted by molar-refractivity contribution is 7.91. The molecule has 4 nitrogen and oxygen atoms in total. The molecule has 2 aromatic carbocycles. The summed E-state index contributed by atoms with van der Waals surface area (Å²) in [4.78, 5) is 13.0. The maximum absolute atomic E-state index is 12.6. The normalized spacial score (nSPS) is 11.2. The van der Waals surface area contributed by atoms with Crippen LogP contribution in [0.4, 0.5) is 5.69 Å². The molecule has 0 radical (unpaired) electrons. The molecular formula is C18H15NO3S2. The van der Waals surface area contributed by atoms with Crippen molar-refractivity contribution >= 4 is 32.8 Å². The molecule has 122 valence electrons. The van der Waals surface area contributed by atoms with E-state index >= 15 is 0 Å². The average Bonchev–Trinajstić information content (AvgIpc) is 3.10. The van der Waals surface area contributed by atoms with Crippen LogP contribution in [0.1, 0.15) is 15.2 Å². The van der Waals surface area contributed by atoms with Crippen LogP contribution < -0.4 is 5.32 Å². The fourth-order valence-electron chi connectivity index (χ4n) is 2.17. The van der Waals surface area contributed by atoms with Crippen molar-refractivity contribution in [2.45, 2.75) is 16.7 Å². The van der Waals surface area contributed by atoms with Crippen LogP contribution in [0.2, 0.25) is 0 Å². The Labute approximate surface area is 144 Å². The smallest absolute Gasteiger partial charge is 0.265 e. The minimum Gasteiger partial charge on any atom is -0.321 e. The molecule has 0 aliphatic carbocycles. The number of carbonyl (C=O) groups excluding carboxylic acids is 1. The number of thiophene rings is 1. The second-order valence-corrected chi connectivity index (χ2v) is 8.17. The molecule has 6 heteroatoms. The van der Waals surface area contributed by atoms with Crippen molar-refractivity contribution < 1.29 is 13.2 Å². The van der Waals surface area contributed by atoms with Crippen LogP contribution in [-0.2, 0) is 9.84 Å². The second kappa shape index (κ2) is 6.59. The molecule has 1 heterocycles. The number of aryl methyl sites for hydroxylation is 1. The first-order chi connectivity index (χ1) is 11.5. The number of rotatable bonds is 4. The lowest BCUT2D eigenvalue weighted by Gasteiger charge is -2.07. The van der Waals surface area contributed by atoms with Crippen LogP contribution in [0.25, 0.3) is 0 Å². The highest BCUT2D eigenvalue weighted by Crippen LogP contribution is 2.23. The van der Waals surface area contributed by atoms with Gasteiger partial charge in [-0.3, -0.25) is 4.79 Å². The molecule has 0 aliphatic heterocycles. The average molecular weight is 357 g/mol. The van der Waals surface area contributed by atoms with Gasteiger partial charge in [0, 0.05) is 5.69 Å². The van der Waals surface area contributed by atoms with Crippen LogP contribution in [0, 0.1) is 6.92 Å². The van der Waals surface area contributed by atoms with E-state index in [1.54, 1.807) is 48.5 Å². The van der Waals surface area contributed by atoms with E-state index < -0.39 is 9.84 Å². The number of sulfone groups is 1. The Balaban J connectivity index is 1.81. The third-order valence-electron chi connectivity index (χ3n) is 3.50. The molecule has 3 aromatic rings. The molecule has 0 unspecified atom stereocenters. The number of hydrogen-bond acceptors (Lipinski definition) is 4. The molecule has 0 bridgehead atoms. The lowest BCUT2D eigenvalue weighted by Crippen LogP contribution is -2.10. The van der Waals surface area contributed by atoms with E-state index in [0.717, 1.165) is 5.56 Å². The largest absolute Gasteiger partial charge is 0.321 e. The van der Waals surface area contributed by atoms with Crippen LogP contribution in [-0.4, -0.2) is 14.3 Å². The van der Waals surface area contributed by atoms with Crippen LogP contribution in [0.15, 0.2) is 75.8 Å². The Hall–Kier alpha value is -2.44. The Morgan fingerprint density at radius 1 is 0.917 bits per heavy atom. The SMILES string of the molecule is Cc1ccc(S(=O)(=O)c2ccc(NC(=O)c3cccs3)cc2)cc1. The zero-order valence-corrected chi connectivity index (χ0v) is 14.5. The molecule has 24 heavy (non-hydrogen) atoms. The van der Waals surface area contributed by atoms with E-state index in [4.69, 9.17) is 0 Å². The summed E-state index contributed by atoms with van der Waals surface area (Å²) in [5, 5.41) is 4.57. The first-order valence-corrected chi connectivity index (χ1v) is 9.60. The van der Waals surface area contributed by atoms with E-state index in [0.29, 0.717) is 10.6 Å². The standard InChI is InChI=1S/C18H15NO3S2/c1-13-4-8-15(9-5-13)24(21,22)16-10-6-14(7-11-16)19-18(20)17-3-2-12-23-17/h2-12H,1H3,(H,19,20). The predicted molar refractivity (Wildman–Crippen MR) is 95.3 cm³/mol. The third kappa shape index (κ3) is 3.39. The van der Waals surface area contributed by atoms with Crippen LogP contribution in [0.5, 0.6) is 0 Å². The highest BCUT2D eigenvalue weighted by Gasteiger charge is 2.17. The maximum Gasteiger partial charge on any atom is 0.265 e. The van der Waals surface area contributed by atoms with E-state index in [2.05, 4.69) is 5.32 Å². The van der Waals surface area contributed by atoms with Gasteiger partial charge >= 0.3 is 0 Å². The van der Waals surface area contributed by atoms with Crippen molar-refractivity contribution in [1.29, 1.82) is 0 Å². The first-order valence-electron chi connectivity index (χ1n) is 7.23. The summed E-state index contributed by atoms with van der Waals surface area (Å²) in [6, 6.07) is 16.4. The van der Waals surface area contributed by atoms with E-state index in [1.165, 1.54) is 23.5 Å². The summed E-state index contributed by atoms with van der Waals surface area (Å²) in [5.41, 5.74) is 1.55. The molecular weight excluding hydrogens is 342 g/mol. The molecule has 0 atom stereocenters. The molecule has 0 aliphatic rings. The van der Waals surface area contributed by atoms with Gasteiger partial charge in [0.2, 0.25) is 9.84 Å². The Bertz CT molecular complexity index is 943.